The van der Waals surface area contributed by atoms with E-state index < -0.39 is 0 Å². The number of hydrogen-bond donors (Lipinski definition) is 1. The van der Waals surface area contributed by atoms with Crippen molar-refractivity contribution < 1.29 is 9.84 Å². The molecule has 0 amide bonds. The van der Waals surface area contributed by atoms with E-state index in [-0.39, 0.29) is 29.8 Å². The van der Waals surface area contributed by atoms with Crippen LogP contribution in [-0.2, 0) is 18.3 Å². The number of fused-ring (bicyclic) bond motifs is 1. The smallest absolute Gasteiger partial charge is 0.276 e. The number of aliphatic hydroxyl groups excluding tert-OH is 1. The topological polar surface area (TPSA) is 59.6 Å². The van der Waals surface area contributed by atoms with Crippen molar-refractivity contribution in [2.45, 2.75) is 38.0 Å². The van der Waals surface area contributed by atoms with Gasteiger partial charge in [0.25, 0.3) is 5.56 Å². The highest BCUT2D eigenvalue weighted by Crippen LogP contribution is 2.54. The van der Waals surface area contributed by atoms with Gasteiger partial charge in [-0.2, -0.15) is 0 Å². The highest BCUT2D eigenvalue weighted by molar-refractivity contribution is 5.33. The predicted octanol–water partition coefficient (Wildman–Crippen LogP) is 1.46. The van der Waals surface area contributed by atoms with Gasteiger partial charge in [-0.15, -0.1) is 0 Å². The molecule has 4 heterocycles. The van der Waals surface area contributed by atoms with E-state index in [4.69, 9.17) is 4.74 Å². The number of aromatic nitrogens is 2. The van der Waals surface area contributed by atoms with Crippen molar-refractivity contribution in [1.82, 2.24) is 14.3 Å². The van der Waals surface area contributed by atoms with E-state index in [9.17, 15) is 9.90 Å². The summed E-state index contributed by atoms with van der Waals surface area (Å²) in [5.74, 6) is 0.642. The van der Waals surface area contributed by atoms with Crippen LogP contribution in [0, 0.1) is 18.8 Å². The number of benzene rings is 1. The fourth-order valence-electron chi connectivity index (χ4n) is 5.68. The lowest BCUT2D eigenvalue weighted by Crippen LogP contribution is -2.37. The quantitative estimate of drug-likeness (QED) is 0.886. The lowest BCUT2D eigenvalue weighted by molar-refractivity contribution is 0.000340. The van der Waals surface area contributed by atoms with Crippen LogP contribution in [0.25, 0.3) is 5.69 Å². The Balaban J connectivity index is 1.44. The van der Waals surface area contributed by atoms with E-state index in [0.717, 1.165) is 42.9 Å². The summed E-state index contributed by atoms with van der Waals surface area (Å²) in [6, 6.07) is 9.78. The van der Waals surface area contributed by atoms with Gasteiger partial charge in [0.15, 0.2) is 0 Å². The first-order valence-electron chi connectivity index (χ1n) is 9.88. The van der Waals surface area contributed by atoms with Gasteiger partial charge in [-0.25, -0.2) is 4.68 Å². The number of rotatable bonds is 4. The average Bonchev–Trinajstić information content (AvgIpc) is 3.37. The molecule has 3 fully saturated rings. The third kappa shape index (κ3) is 2.40. The van der Waals surface area contributed by atoms with Crippen molar-refractivity contribution in [3.63, 3.8) is 0 Å². The van der Waals surface area contributed by atoms with Gasteiger partial charge in [-0.3, -0.25) is 14.4 Å². The Hall–Kier alpha value is -1.89. The Morgan fingerprint density at radius 3 is 2.81 bits per heavy atom. The number of hydrogen-bond acceptors (Lipinski definition) is 4. The standard InChI is InChI=1S/C21H27N3O3/c1-14-16(20(26)24(22(14)2)15-6-4-3-5-7-15)10-23-11-18-17(12-25)19-8-9-21(18,13-23)27-19/h3-7,17-19,25H,8-13H2,1-2H3/t17-,18+,19+,21+/m1/s1. The summed E-state index contributed by atoms with van der Waals surface area (Å²) in [5, 5.41) is 9.81. The van der Waals surface area contributed by atoms with E-state index in [1.807, 2.05) is 49.0 Å². The Morgan fingerprint density at radius 1 is 1.30 bits per heavy atom. The molecule has 0 aliphatic carbocycles. The number of ether oxygens (including phenoxy) is 1. The molecule has 1 aromatic carbocycles. The Bertz CT molecular complexity index is 919. The Morgan fingerprint density at radius 2 is 2.07 bits per heavy atom. The van der Waals surface area contributed by atoms with Crippen molar-refractivity contribution >= 4 is 0 Å². The monoisotopic (exact) mass is 369 g/mol. The van der Waals surface area contributed by atoms with Gasteiger partial charge in [-0.05, 0) is 31.9 Å². The predicted molar refractivity (Wildman–Crippen MR) is 102 cm³/mol. The van der Waals surface area contributed by atoms with Crippen LogP contribution in [0.2, 0.25) is 0 Å². The molecule has 0 unspecified atom stereocenters. The molecule has 4 atom stereocenters. The minimum absolute atomic E-state index is 0.0553. The van der Waals surface area contributed by atoms with Gasteiger partial charge in [0.1, 0.15) is 0 Å². The van der Waals surface area contributed by atoms with Crippen LogP contribution in [-0.4, -0.2) is 50.8 Å². The van der Waals surface area contributed by atoms with Crippen LogP contribution in [0.4, 0.5) is 0 Å². The third-order valence-corrected chi connectivity index (χ3v) is 7.12. The molecule has 6 nitrogen and oxygen atoms in total. The van der Waals surface area contributed by atoms with Crippen LogP contribution >= 0.6 is 0 Å². The zero-order valence-electron chi connectivity index (χ0n) is 16.0. The molecule has 3 aliphatic heterocycles. The van der Waals surface area contributed by atoms with Gasteiger partial charge in [0.05, 0.1) is 23.0 Å². The number of aliphatic hydroxyl groups is 1. The minimum atomic E-state index is -0.0980. The van der Waals surface area contributed by atoms with E-state index in [1.54, 1.807) is 4.68 Å². The van der Waals surface area contributed by atoms with Gasteiger partial charge in [0, 0.05) is 50.8 Å². The van der Waals surface area contributed by atoms with Crippen molar-refractivity contribution in [3.8, 4) is 5.69 Å². The highest BCUT2D eigenvalue weighted by Gasteiger charge is 2.62. The molecular weight excluding hydrogens is 342 g/mol. The first-order chi connectivity index (χ1) is 13.0. The maximum atomic E-state index is 13.2. The second-order valence-corrected chi connectivity index (χ2v) is 8.42. The zero-order chi connectivity index (χ0) is 18.8. The van der Waals surface area contributed by atoms with Crippen LogP contribution in [0.5, 0.6) is 0 Å². The molecule has 5 rings (SSSR count). The average molecular weight is 369 g/mol. The van der Waals surface area contributed by atoms with E-state index in [1.165, 1.54) is 0 Å². The fraction of sp³-hybridized carbons (Fsp3) is 0.571. The lowest BCUT2D eigenvalue weighted by atomic mass is 9.74. The van der Waals surface area contributed by atoms with Gasteiger partial charge in [-0.1, -0.05) is 18.2 Å². The van der Waals surface area contributed by atoms with Crippen LogP contribution in [0.15, 0.2) is 35.1 Å². The van der Waals surface area contributed by atoms with E-state index in [0.29, 0.717) is 12.5 Å². The molecule has 3 aliphatic rings. The zero-order valence-corrected chi connectivity index (χ0v) is 16.0. The molecule has 1 N–H and O–H groups in total. The number of para-hydroxylation sites is 1. The van der Waals surface area contributed by atoms with Crippen molar-refractivity contribution in [3.05, 3.63) is 51.9 Å². The molecule has 6 heteroatoms. The Labute approximate surface area is 158 Å². The molecule has 3 saturated heterocycles. The van der Waals surface area contributed by atoms with Gasteiger partial charge >= 0.3 is 0 Å². The number of nitrogens with zero attached hydrogens (tertiary/aromatic N) is 3. The molecule has 1 spiro atoms. The van der Waals surface area contributed by atoms with Crippen molar-refractivity contribution in [2.24, 2.45) is 18.9 Å². The van der Waals surface area contributed by atoms with Crippen LogP contribution < -0.4 is 5.56 Å². The fourth-order valence-corrected chi connectivity index (χ4v) is 5.68. The SMILES string of the molecule is Cc1c(CN2C[C@H]3[C@@H](CO)[C@@H]4CC[C@@]3(C2)O4)c(=O)n(-c2ccccc2)n1C. The van der Waals surface area contributed by atoms with Gasteiger partial charge < -0.3 is 9.84 Å². The summed E-state index contributed by atoms with van der Waals surface area (Å²) < 4.78 is 10.0. The summed E-state index contributed by atoms with van der Waals surface area (Å²) in [5.41, 5.74) is 2.70. The molecule has 144 valence electrons. The first-order valence-corrected chi connectivity index (χ1v) is 9.88. The minimum Gasteiger partial charge on any atom is -0.396 e. The summed E-state index contributed by atoms with van der Waals surface area (Å²) in [6.07, 6.45) is 2.37. The van der Waals surface area contributed by atoms with Crippen molar-refractivity contribution in [2.75, 3.05) is 19.7 Å². The van der Waals surface area contributed by atoms with Crippen molar-refractivity contribution in [1.29, 1.82) is 0 Å². The molecule has 0 saturated carbocycles. The first kappa shape index (κ1) is 17.2. The number of likely N-dealkylation sites (tertiary alicyclic amines) is 1. The van der Waals surface area contributed by atoms with Crippen LogP contribution in [0.1, 0.15) is 24.1 Å². The van der Waals surface area contributed by atoms with E-state index >= 15 is 0 Å². The molecule has 1 aromatic heterocycles. The summed E-state index contributed by atoms with van der Waals surface area (Å²) in [7, 11) is 1.94. The largest absolute Gasteiger partial charge is 0.396 e. The highest BCUT2D eigenvalue weighted by atomic mass is 16.5. The molecular formula is C21H27N3O3. The maximum Gasteiger partial charge on any atom is 0.276 e. The van der Waals surface area contributed by atoms with E-state index in [2.05, 4.69) is 4.90 Å². The lowest BCUT2D eigenvalue weighted by Gasteiger charge is -2.28. The summed E-state index contributed by atoms with van der Waals surface area (Å²) in [4.78, 5) is 15.5. The molecule has 0 radical (unpaired) electrons. The Kier molecular flexibility index (Phi) is 3.86. The second-order valence-electron chi connectivity index (χ2n) is 8.42. The normalized spacial score (nSPS) is 32.3. The van der Waals surface area contributed by atoms with Crippen LogP contribution in [0.3, 0.4) is 0 Å². The van der Waals surface area contributed by atoms with Gasteiger partial charge in [0.2, 0.25) is 0 Å². The molecule has 2 aromatic rings. The molecule has 2 bridgehead atoms. The summed E-state index contributed by atoms with van der Waals surface area (Å²) in [6.45, 7) is 4.63. The third-order valence-electron chi connectivity index (χ3n) is 7.12. The summed E-state index contributed by atoms with van der Waals surface area (Å²) >= 11 is 0. The molecule has 27 heavy (non-hydrogen) atoms. The second kappa shape index (κ2) is 6.06. The maximum absolute atomic E-state index is 13.2.